The summed E-state index contributed by atoms with van der Waals surface area (Å²) in [7, 11) is 0. The van der Waals surface area contributed by atoms with Crippen LogP contribution in [0.3, 0.4) is 0 Å². The van der Waals surface area contributed by atoms with Gasteiger partial charge in [-0.2, -0.15) is 5.10 Å². The molecule has 0 spiro atoms. The molecule has 6 nitrogen and oxygen atoms in total. The fourth-order valence-corrected chi connectivity index (χ4v) is 4.11. The first-order chi connectivity index (χ1) is 15.2. The second-order valence-corrected chi connectivity index (χ2v) is 8.13. The average molecular weight is 431 g/mol. The van der Waals surface area contributed by atoms with Crippen molar-refractivity contribution in [3.8, 4) is 0 Å². The smallest absolute Gasteiger partial charge is 0.275 e. The van der Waals surface area contributed by atoms with Crippen molar-refractivity contribution in [3.63, 3.8) is 0 Å². The number of rotatable bonds is 8. The molecule has 1 N–H and O–H groups in total. The average Bonchev–Trinajstić information content (AvgIpc) is 2.81. The lowest BCUT2D eigenvalue weighted by atomic mass is 10.1. The van der Waals surface area contributed by atoms with Gasteiger partial charge < -0.3 is 5.32 Å². The van der Waals surface area contributed by atoms with E-state index in [-0.39, 0.29) is 24.6 Å². The summed E-state index contributed by atoms with van der Waals surface area (Å²) in [4.78, 5) is 30.7. The topological polar surface area (TPSA) is 76.9 Å². The maximum atomic E-state index is 12.9. The molecular formula is C24H22N4O2S. The predicted octanol–water partition coefficient (Wildman–Crippen LogP) is 3.64. The van der Waals surface area contributed by atoms with Gasteiger partial charge in [-0.1, -0.05) is 42.5 Å². The number of nitrogens with one attached hydrogen (secondary N) is 1. The molecule has 1 amide bonds. The third kappa shape index (κ3) is 5.38. The lowest BCUT2D eigenvalue weighted by Crippen LogP contribution is -2.29. The summed E-state index contributed by atoms with van der Waals surface area (Å²) >= 11 is 1.65. The molecule has 7 heteroatoms. The number of thioether (sulfide) groups is 1. The zero-order valence-electron chi connectivity index (χ0n) is 16.9. The molecular weight excluding hydrogens is 408 g/mol. The molecule has 0 saturated heterocycles. The van der Waals surface area contributed by atoms with Crippen LogP contribution in [0.1, 0.15) is 17.8 Å². The Morgan fingerprint density at radius 2 is 1.68 bits per heavy atom. The van der Waals surface area contributed by atoms with Crippen molar-refractivity contribution in [2.24, 2.45) is 0 Å². The Morgan fingerprint density at radius 3 is 2.45 bits per heavy atom. The zero-order chi connectivity index (χ0) is 21.5. The van der Waals surface area contributed by atoms with Gasteiger partial charge in [0.25, 0.3) is 5.56 Å². The Bertz CT molecular complexity index is 1230. The predicted molar refractivity (Wildman–Crippen MR) is 123 cm³/mol. The fourth-order valence-electron chi connectivity index (χ4n) is 3.24. The van der Waals surface area contributed by atoms with Gasteiger partial charge in [0.05, 0.1) is 29.9 Å². The normalized spacial score (nSPS) is 10.8. The van der Waals surface area contributed by atoms with Crippen LogP contribution in [-0.4, -0.2) is 26.4 Å². The Kier molecular flexibility index (Phi) is 6.74. The molecule has 0 unspecified atom stereocenters. The summed E-state index contributed by atoms with van der Waals surface area (Å²) in [6, 6.07) is 22.9. The van der Waals surface area contributed by atoms with Crippen LogP contribution in [0.15, 0.2) is 88.7 Å². The Labute approximate surface area is 184 Å². The van der Waals surface area contributed by atoms with Gasteiger partial charge in [0.2, 0.25) is 5.91 Å². The molecule has 156 valence electrons. The lowest BCUT2D eigenvalue weighted by Gasteiger charge is -2.12. The highest BCUT2D eigenvalue weighted by atomic mass is 32.2. The molecule has 0 aliphatic heterocycles. The molecule has 31 heavy (non-hydrogen) atoms. The van der Waals surface area contributed by atoms with Gasteiger partial charge in [0.1, 0.15) is 0 Å². The molecule has 0 fully saturated rings. The molecule has 0 bridgehead atoms. The van der Waals surface area contributed by atoms with Crippen LogP contribution in [0.2, 0.25) is 0 Å². The number of fused-ring (bicyclic) bond motifs is 1. The number of carbonyl (C=O) groups excluding carboxylic acids is 1. The number of carbonyl (C=O) groups is 1. The highest BCUT2D eigenvalue weighted by Gasteiger charge is 2.12. The Hall–Kier alpha value is -3.45. The molecule has 0 aliphatic rings. The third-order valence-corrected chi connectivity index (χ3v) is 5.79. The molecule has 0 aliphatic carbocycles. The van der Waals surface area contributed by atoms with E-state index in [1.165, 1.54) is 4.68 Å². The standard InChI is InChI=1S/C24H22N4O2S/c29-23(13-15-31-19-9-2-1-3-10-19)26-16-22-20-11-4-5-12-21(20)24(30)28(27-22)17-18-8-6-7-14-25-18/h1-12,14H,13,15-17H2,(H,26,29). The first kappa shape index (κ1) is 20.8. The maximum absolute atomic E-state index is 12.9. The lowest BCUT2D eigenvalue weighted by molar-refractivity contribution is -0.120. The minimum Gasteiger partial charge on any atom is -0.350 e. The first-order valence-electron chi connectivity index (χ1n) is 10.0. The molecule has 0 saturated carbocycles. The van der Waals surface area contributed by atoms with Crippen molar-refractivity contribution in [1.29, 1.82) is 0 Å². The van der Waals surface area contributed by atoms with E-state index in [0.29, 0.717) is 23.3 Å². The minimum absolute atomic E-state index is 0.0446. The van der Waals surface area contributed by atoms with Crippen molar-refractivity contribution >= 4 is 28.4 Å². The van der Waals surface area contributed by atoms with Gasteiger partial charge in [0.15, 0.2) is 0 Å². The highest BCUT2D eigenvalue weighted by Crippen LogP contribution is 2.18. The number of nitrogens with zero attached hydrogens (tertiary/aromatic N) is 3. The quantitative estimate of drug-likeness (QED) is 0.432. The van der Waals surface area contributed by atoms with Gasteiger partial charge in [0, 0.05) is 28.7 Å². The Morgan fingerprint density at radius 1 is 0.935 bits per heavy atom. The van der Waals surface area contributed by atoms with E-state index in [1.807, 2.05) is 66.7 Å². The number of pyridine rings is 1. The molecule has 2 aromatic carbocycles. The van der Waals surface area contributed by atoms with E-state index in [9.17, 15) is 9.59 Å². The van der Waals surface area contributed by atoms with Crippen LogP contribution in [-0.2, 0) is 17.9 Å². The molecule has 0 radical (unpaired) electrons. The van der Waals surface area contributed by atoms with E-state index >= 15 is 0 Å². The van der Waals surface area contributed by atoms with Crippen molar-refractivity contribution in [2.45, 2.75) is 24.4 Å². The summed E-state index contributed by atoms with van der Waals surface area (Å²) in [6.07, 6.45) is 2.10. The summed E-state index contributed by atoms with van der Waals surface area (Å²) < 4.78 is 1.41. The van der Waals surface area contributed by atoms with Crippen LogP contribution in [0.4, 0.5) is 0 Å². The number of hydrogen-bond acceptors (Lipinski definition) is 5. The van der Waals surface area contributed by atoms with E-state index in [0.717, 1.165) is 16.0 Å². The number of aromatic nitrogens is 3. The highest BCUT2D eigenvalue weighted by molar-refractivity contribution is 7.99. The van der Waals surface area contributed by atoms with Gasteiger partial charge in [-0.25, -0.2) is 4.68 Å². The van der Waals surface area contributed by atoms with Gasteiger partial charge in [-0.3, -0.25) is 14.6 Å². The molecule has 0 atom stereocenters. The van der Waals surface area contributed by atoms with Gasteiger partial charge >= 0.3 is 0 Å². The SMILES string of the molecule is O=C(CCSc1ccccc1)NCc1nn(Cc2ccccn2)c(=O)c2ccccc12. The second kappa shape index (κ2) is 10.0. The van der Waals surface area contributed by atoms with Crippen molar-refractivity contribution < 1.29 is 4.79 Å². The van der Waals surface area contributed by atoms with Crippen LogP contribution in [0.5, 0.6) is 0 Å². The summed E-state index contributed by atoms with van der Waals surface area (Å²) in [5.74, 6) is 0.653. The molecule has 4 rings (SSSR count). The number of amides is 1. The molecule has 4 aromatic rings. The fraction of sp³-hybridized carbons (Fsp3) is 0.167. The minimum atomic E-state index is -0.171. The largest absolute Gasteiger partial charge is 0.350 e. The summed E-state index contributed by atoms with van der Waals surface area (Å²) in [5.41, 5.74) is 1.24. The first-order valence-corrected chi connectivity index (χ1v) is 11.0. The van der Waals surface area contributed by atoms with Crippen molar-refractivity contribution in [1.82, 2.24) is 20.1 Å². The monoisotopic (exact) mass is 430 g/mol. The maximum Gasteiger partial charge on any atom is 0.275 e. The molecule has 2 heterocycles. The van der Waals surface area contributed by atoms with E-state index in [2.05, 4.69) is 15.4 Å². The van der Waals surface area contributed by atoms with Crippen LogP contribution >= 0.6 is 11.8 Å². The molecule has 2 aromatic heterocycles. The van der Waals surface area contributed by atoms with Crippen LogP contribution in [0.25, 0.3) is 10.8 Å². The van der Waals surface area contributed by atoms with Gasteiger partial charge in [-0.05, 0) is 30.3 Å². The Balaban J connectivity index is 1.47. The summed E-state index contributed by atoms with van der Waals surface area (Å²) in [5, 5.41) is 8.82. The van der Waals surface area contributed by atoms with Crippen LogP contribution in [0, 0.1) is 0 Å². The van der Waals surface area contributed by atoms with Crippen molar-refractivity contribution in [3.05, 3.63) is 101 Å². The van der Waals surface area contributed by atoms with E-state index < -0.39 is 0 Å². The number of benzene rings is 2. The summed E-state index contributed by atoms with van der Waals surface area (Å²) in [6.45, 7) is 0.539. The van der Waals surface area contributed by atoms with Crippen molar-refractivity contribution in [2.75, 3.05) is 5.75 Å². The second-order valence-electron chi connectivity index (χ2n) is 6.96. The van der Waals surface area contributed by atoms with E-state index in [1.54, 1.807) is 24.0 Å². The third-order valence-electron chi connectivity index (χ3n) is 4.78. The zero-order valence-corrected chi connectivity index (χ0v) is 17.7. The number of hydrogen-bond donors (Lipinski definition) is 1. The van der Waals surface area contributed by atoms with E-state index in [4.69, 9.17) is 0 Å². The van der Waals surface area contributed by atoms with Gasteiger partial charge in [-0.15, -0.1) is 11.8 Å². The van der Waals surface area contributed by atoms with Crippen LogP contribution < -0.4 is 10.9 Å².